The SMILES string of the molecule is CN1CC([N+](=O)[O-])=C(O)/C(=[N+](/[O-])O)C1. The Hall–Kier alpha value is -1.83. The summed E-state index contributed by atoms with van der Waals surface area (Å²) < 4.78 is 0. The number of likely N-dealkylation sites (N-methyl/N-ethyl adjacent to an activating group) is 1. The van der Waals surface area contributed by atoms with Gasteiger partial charge in [0.2, 0.25) is 0 Å². The molecule has 0 saturated carbocycles. The summed E-state index contributed by atoms with van der Waals surface area (Å²) >= 11 is 0. The largest absolute Gasteiger partial charge is 0.498 e. The molecule has 0 saturated heterocycles. The molecule has 8 heteroatoms. The molecule has 0 bridgehead atoms. The van der Waals surface area contributed by atoms with Gasteiger partial charge in [0.05, 0.1) is 18.0 Å². The number of hydrogen-bond acceptors (Lipinski definition) is 6. The molecule has 0 spiro atoms. The second-order valence-electron chi connectivity index (χ2n) is 2.94. The van der Waals surface area contributed by atoms with Crippen molar-refractivity contribution in [3.05, 3.63) is 26.8 Å². The Morgan fingerprint density at radius 3 is 2.43 bits per heavy atom. The zero-order valence-corrected chi connectivity index (χ0v) is 7.38. The van der Waals surface area contributed by atoms with Gasteiger partial charge in [0.15, 0.2) is 0 Å². The Balaban J connectivity index is 3.20. The highest BCUT2D eigenvalue weighted by molar-refractivity contribution is 5.96. The minimum absolute atomic E-state index is 0.0385. The van der Waals surface area contributed by atoms with Crippen LogP contribution in [-0.2, 0) is 0 Å². The average molecular weight is 203 g/mol. The fourth-order valence-electron chi connectivity index (χ4n) is 1.18. The summed E-state index contributed by atoms with van der Waals surface area (Å²) in [5, 5.41) is 38.8. The van der Waals surface area contributed by atoms with Crippen LogP contribution in [0, 0.1) is 15.3 Å². The average Bonchev–Trinajstić information content (AvgIpc) is 2.07. The van der Waals surface area contributed by atoms with Crippen LogP contribution in [0.25, 0.3) is 0 Å². The second kappa shape index (κ2) is 3.50. The van der Waals surface area contributed by atoms with Crippen molar-refractivity contribution in [1.29, 1.82) is 0 Å². The van der Waals surface area contributed by atoms with Crippen LogP contribution in [0.1, 0.15) is 0 Å². The number of aliphatic hydroxyl groups is 1. The van der Waals surface area contributed by atoms with Gasteiger partial charge >= 0.3 is 11.4 Å². The van der Waals surface area contributed by atoms with E-state index in [1.54, 1.807) is 0 Å². The van der Waals surface area contributed by atoms with E-state index < -0.39 is 27.0 Å². The Morgan fingerprint density at radius 2 is 2.00 bits per heavy atom. The number of nitrogens with zero attached hydrogens (tertiary/aromatic N) is 3. The number of hydrogen-bond donors (Lipinski definition) is 2. The minimum Gasteiger partial charge on any atom is -0.498 e. The predicted octanol–water partition coefficient (Wildman–Crippen LogP) is -0.681. The van der Waals surface area contributed by atoms with E-state index >= 15 is 0 Å². The van der Waals surface area contributed by atoms with Crippen molar-refractivity contribution in [2.75, 3.05) is 20.1 Å². The van der Waals surface area contributed by atoms with Crippen molar-refractivity contribution in [3.63, 3.8) is 0 Å². The van der Waals surface area contributed by atoms with Crippen molar-refractivity contribution < 1.29 is 20.1 Å². The molecule has 0 radical (unpaired) electrons. The van der Waals surface area contributed by atoms with Crippen LogP contribution in [0.15, 0.2) is 11.5 Å². The normalized spacial score (nSPS) is 22.4. The van der Waals surface area contributed by atoms with Crippen molar-refractivity contribution in [3.8, 4) is 0 Å². The minimum atomic E-state index is -0.783. The molecule has 0 aromatic rings. The molecule has 2 N–H and O–H groups in total. The Labute approximate surface area is 78.7 Å². The third-order valence-electron chi connectivity index (χ3n) is 1.84. The van der Waals surface area contributed by atoms with Gasteiger partial charge in [0, 0.05) is 4.90 Å². The van der Waals surface area contributed by atoms with E-state index in [0.717, 1.165) is 0 Å². The molecule has 1 aliphatic heterocycles. The number of nitro groups is 1. The molecule has 0 aromatic heterocycles. The Morgan fingerprint density at radius 1 is 1.43 bits per heavy atom. The first-order valence-electron chi connectivity index (χ1n) is 3.71. The van der Waals surface area contributed by atoms with Gasteiger partial charge in [0.25, 0.3) is 5.76 Å². The molecule has 0 amide bonds. The number of aliphatic hydroxyl groups excluding tert-OH is 1. The molecular weight excluding hydrogens is 194 g/mol. The van der Waals surface area contributed by atoms with E-state index in [1.807, 2.05) is 0 Å². The van der Waals surface area contributed by atoms with Crippen LogP contribution < -0.4 is 0 Å². The maximum Gasteiger partial charge on any atom is 0.308 e. The Kier molecular flexibility index (Phi) is 2.56. The van der Waals surface area contributed by atoms with Gasteiger partial charge < -0.3 is 10.3 Å². The van der Waals surface area contributed by atoms with Crippen molar-refractivity contribution in [2.24, 2.45) is 0 Å². The van der Waals surface area contributed by atoms with Gasteiger partial charge in [-0.1, -0.05) is 0 Å². The lowest BCUT2D eigenvalue weighted by atomic mass is 10.1. The maximum absolute atomic E-state index is 10.5. The molecule has 1 rings (SSSR count). The third kappa shape index (κ3) is 1.74. The van der Waals surface area contributed by atoms with Crippen molar-refractivity contribution in [1.82, 2.24) is 4.90 Å². The van der Waals surface area contributed by atoms with Crippen LogP contribution in [0.3, 0.4) is 0 Å². The standard InChI is InChI=1S/C6H9N3O5/c1-7-2-4(8(11)12)6(10)5(3-7)9(13)14/h10H,2-3H2,1H3,(H,11,12). The summed E-state index contributed by atoms with van der Waals surface area (Å²) in [7, 11) is 1.53. The molecule has 0 aromatic carbocycles. The fourth-order valence-corrected chi connectivity index (χ4v) is 1.18. The van der Waals surface area contributed by atoms with Crippen LogP contribution in [-0.4, -0.2) is 50.9 Å². The van der Waals surface area contributed by atoms with E-state index in [4.69, 9.17) is 5.21 Å². The quantitative estimate of drug-likeness (QED) is 0.252. The van der Waals surface area contributed by atoms with Crippen molar-refractivity contribution in [2.45, 2.75) is 0 Å². The molecular formula is C6H9N3O5. The zero-order valence-electron chi connectivity index (χ0n) is 7.38. The summed E-state index contributed by atoms with van der Waals surface area (Å²) in [6.07, 6.45) is 0. The molecule has 0 fully saturated rings. The second-order valence-corrected chi connectivity index (χ2v) is 2.94. The summed E-state index contributed by atoms with van der Waals surface area (Å²) in [5.74, 6) is -0.759. The van der Waals surface area contributed by atoms with Gasteiger partial charge in [0.1, 0.15) is 0 Å². The highest BCUT2D eigenvalue weighted by Gasteiger charge is 2.35. The summed E-state index contributed by atoms with van der Waals surface area (Å²) in [5.41, 5.74) is -0.922. The molecule has 1 aliphatic rings. The lowest BCUT2D eigenvalue weighted by molar-refractivity contribution is -0.727. The lowest BCUT2D eigenvalue weighted by Gasteiger charge is -2.18. The predicted molar refractivity (Wildman–Crippen MR) is 44.6 cm³/mol. The first-order valence-corrected chi connectivity index (χ1v) is 3.71. The molecule has 1 heterocycles. The highest BCUT2D eigenvalue weighted by atomic mass is 16.8. The van der Waals surface area contributed by atoms with Crippen LogP contribution in [0.4, 0.5) is 0 Å². The molecule has 0 aliphatic carbocycles. The third-order valence-corrected chi connectivity index (χ3v) is 1.84. The van der Waals surface area contributed by atoms with Crippen LogP contribution >= 0.6 is 0 Å². The lowest BCUT2D eigenvalue weighted by Crippen LogP contribution is -2.40. The van der Waals surface area contributed by atoms with E-state index in [1.165, 1.54) is 11.9 Å². The van der Waals surface area contributed by atoms with Crippen LogP contribution in [0.5, 0.6) is 0 Å². The molecule has 78 valence electrons. The van der Waals surface area contributed by atoms with Crippen LogP contribution in [0.2, 0.25) is 0 Å². The first kappa shape index (κ1) is 10.3. The van der Waals surface area contributed by atoms with E-state index in [2.05, 4.69) is 0 Å². The molecule has 0 atom stereocenters. The van der Waals surface area contributed by atoms with E-state index in [9.17, 15) is 20.4 Å². The molecule has 8 nitrogen and oxygen atoms in total. The maximum atomic E-state index is 10.5. The monoisotopic (exact) mass is 203 g/mol. The number of rotatable bonds is 1. The molecule has 14 heavy (non-hydrogen) atoms. The Bertz CT molecular complexity index is 330. The smallest absolute Gasteiger partial charge is 0.308 e. The zero-order chi connectivity index (χ0) is 10.9. The van der Waals surface area contributed by atoms with Gasteiger partial charge in [-0.15, -0.1) is 0 Å². The first-order chi connectivity index (χ1) is 6.43. The van der Waals surface area contributed by atoms with E-state index in [0.29, 0.717) is 0 Å². The van der Waals surface area contributed by atoms with Crippen molar-refractivity contribution >= 4 is 5.71 Å². The van der Waals surface area contributed by atoms with Gasteiger partial charge in [-0.2, -0.15) is 0 Å². The van der Waals surface area contributed by atoms with Gasteiger partial charge in [-0.3, -0.25) is 20.2 Å². The summed E-state index contributed by atoms with van der Waals surface area (Å²) in [6.45, 7) is -0.112. The topological polar surface area (TPSA) is 113 Å². The summed E-state index contributed by atoms with van der Waals surface area (Å²) in [6, 6.07) is 0. The molecule has 0 unspecified atom stereocenters. The van der Waals surface area contributed by atoms with E-state index in [-0.39, 0.29) is 13.1 Å². The summed E-state index contributed by atoms with van der Waals surface area (Å²) in [4.78, 5) is 10.5. The van der Waals surface area contributed by atoms with Gasteiger partial charge in [-0.05, 0) is 7.05 Å². The van der Waals surface area contributed by atoms with Gasteiger partial charge in [-0.25, -0.2) is 0 Å². The fraction of sp³-hybridized carbons (Fsp3) is 0.500. The highest BCUT2D eigenvalue weighted by Crippen LogP contribution is 2.12.